The fourth-order valence-corrected chi connectivity index (χ4v) is 3.33. The van der Waals surface area contributed by atoms with Crippen LogP contribution in [0.5, 0.6) is 5.75 Å². The molecular weight excluding hydrogens is 392 g/mol. The third-order valence-corrected chi connectivity index (χ3v) is 4.82. The van der Waals surface area contributed by atoms with Crippen molar-refractivity contribution in [2.45, 2.75) is 25.3 Å². The fourth-order valence-electron chi connectivity index (χ4n) is 3.11. The number of benzene rings is 2. The number of hydrogen-bond donors (Lipinski definition) is 1. The number of carbonyl (C=O) groups is 2. The van der Waals surface area contributed by atoms with Crippen LogP contribution in [0.2, 0.25) is 5.02 Å². The van der Waals surface area contributed by atoms with E-state index in [0.29, 0.717) is 29.5 Å². The number of rotatable bonds is 4. The van der Waals surface area contributed by atoms with Crippen LogP contribution in [0, 0.1) is 0 Å². The Labute approximate surface area is 165 Å². The molecule has 1 amide bonds. The predicted octanol–water partition coefficient (Wildman–Crippen LogP) is 4.49. The maximum absolute atomic E-state index is 14.0. The third kappa shape index (κ3) is 3.94. The van der Waals surface area contributed by atoms with Gasteiger partial charge in [0.15, 0.2) is 0 Å². The van der Waals surface area contributed by atoms with Crippen molar-refractivity contribution in [3.8, 4) is 5.75 Å². The minimum Gasteiger partial charge on any atom is -0.493 e. The summed E-state index contributed by atoms with van der Waals surface area (Å²) in [5.74, 6) is -4.37. The first-order valence-corrected chi connectivity index (χ1v) is 8.93. The molecule has 1 aliphatic heterocycles. The van der Waals surface area contributed by atoms with Crippen LogP contribution >= 0.6 is 11.6 Å². The van der Waals surface area contributed by atoms with Crippen LogP contribution < -0.4 is 10.1 Å². The van der Waals surface area contributed by atoms with E-state index in [0.717, 1.165) is 13.2 Å². The van der Waals surface area contributed by atoms with Gasteiger partial charge in [0, 0.05) is 24.5 Å². The topological polar surface area (TPSA) is 64.6 Å². The average Bonchev–Trinajstić information content (AvgIpc) is 2.66. The van der Waals surface area contributed by atoms with Gasteiger partial charge >= 0.3 is 5.97 Å². The number of ether oxygens (including phenoxy) is 2. The van der Waals surface area contributed by atoms with Crippen LogP contribution in [0.15, 0.2) is 36.4 Å². The molecule has 0 saturated heterocycles. The molecule has 2 aromatic carbocycles. The van der Waals surface area contributed by atoms with Crippen LogP contribution in [-0.2, 0) is 10.7 Å². The highest BCUT2D eigenvalue weighted by atomic mass is 35.5. The van der Waals surface area contributed by atoms with Gasteiger partial charge in [-0.2, -0.15) is 0 Å². The lowest BCUT2D eigenvalue weighted by Crippen LogP contribution is -2.33. The van der Waals surface area contributed by atoms with Gasteiger partial charge < -0.3 is 14.8 Å². The Hall–Kier alpha value is -2.67. The molecule has 0 spiro atoms. The summed E-state index contributed by atoms with van der Waals surface area (Å²) in [5, 5.41) is 3.13. The molecule has 0 aliphatic carbocycles. The lowest BCUT2D eigenvalue weighted by atomic mass is 9.92. The van der Waals surface area contributed by atoms with Crippen molar-refractivity contribution in [1.82, 2.24) is 5.32 Å². The Morgan fingerprint density at radius 3 is 2.61 bits per heavy atom. The van der Waals surface area contributed by atoms with Gasteiger partial charge in [0.1, 0.15) is 5.75 Å². The normalized spacial score (nSPS) is 16.0. The Morgan fingerprint density at radius 2 is 1.96 bits per heavy atom. The minimum atomic E-state index is -3.27. The number of halogens is 3. The van der Waals surface area contributed by atoms with Crippen molar-refractivity contribution >= 4 is 23.5 Å². The molecule has 8 heteroatoms. The van der Waals surface area contributed by atoms with Crippen LogP contribution in [0.25, 0.3) is 0 Å². The molecule has 1 atom stereocenters. The van der Waals surface area contributed by atoms with E-state index in [1.165, 1.54) is 6.07 Å². The standard InChI is InChI=1S/C20H18ClF2NO4/c1-20(22,23)14-10-17-13(9-12(14)19(26)27-2)16(7-8-28-17)24-18(25)11-5-3-4-6-15(11)21/h3-6,9-10,16H,7-8H2,1-2H3,(H,24,25). The van der Waals surface area contributed by atoms with Crippen molar-refractivity contribution in [2.24, 2.45) is 0 Å². The Kier molecular flexibility index (Phi) is 5.56. The van der Waals surface area contributed by atoms with Crippen molar-refractivity contribution in [3.63, 3.8) is 0 Å². The number of alkyl halides is 2. The molecule has 0 aromatic heterocycles. The molecule has 1 unspecified atom stereocenters. The van der Waals surface area contributed by atoms with Gasteiger partial charge in [-0.25, -0.2) is 13.6 Å². The van der Waals surface area contributed by atoms with Crippen molar-refractivity contribution < 1.29 is 27.8 Å². The van der Waals surface area contributed by atoms with E-state index < -0.39 is 29.4 Å². The summed E-state index contributed by atoms with van der Waals surface area (Å²) < 4.78 is 38.2. The number of esters is 1. The molecule has 1 N–H and O–H groups in total. The zero-order chi connectivity index (χ0) is 20.5. The first kappa shape index (κ1) is 20.1. The van der Waals surface area contributed by atoms with E-state index in [1.807, 2.05) is 0 Å². The molecule has 1 heterocycles. The van der Waals surface area contributed by atoms with Crippen LogP contribution in [0.3, 0.4) is 0 Å². The first-order valence-electron chi connectivity index (χ1n) is 8.55. The summed E-state index contributed by atoms with van der Waals surface area (Å²) in [6.07, 6.45) is 0.408. The van der Waals surface area contributed by atoms with Crippen molar-refractivity contribution in [3.05, 3.63) is 63.7 Å². The van der Waals surface area contributed by atoms with E-state index in [4.69, 9.17) is 16.3 Å². The van der Waals surface area contributed by atoms with E-state index in [9.17, 15) is 18.4 Å². The lowest BCUT2D eigenvalue weighted by Gasteiger charge is -2.29. The van der Waals surface area contributed by atoms with Gasteiger partial charge in [-0.1, -0.05) is 23.7 Å². The number of hydrogen-bond acceptors (Lipinski definition) is 4. The molecule has 148 valence electrons. The monoisotopic (exact) mass is 409 g/mol. The zero-order valence-corrected chi connectivity index (χ0v) is 16.0. The summed E-state index contributed by atoms with van der Waals surface area (Å²) in [6.45, 7) is 0.924. The van der Waals surface area contributed by atoms with Gasteiger partial charge in [0.25, 0.3) is 11.8 Å². The molecule has 3 rings (SSSR count). The SMILES string of the molecule is COC(=O)c1cc2c(cc1C(C)(F)F)OCCC2NC(=O)c1ccccc1Cl. The Balaban J connectivity index is 2.00. The van der Waals surface area contributed by atoms with E-state index in [-0.39, 0.29) is 17.9 Å². The number of methoxy groups -OCH3 is 1. The van der Waals surface area contributed by atoms with Crippen molar-refractivity contribution in [1.29, 1.82) is 0 Å². The van der Waals surface area contributed by atoms with E-state index in [1.54, 1.807) is 24.3 Å². The van der Waals surface area contributed by atoms with Gasteiger partial charge in [0.2, 0.25) is 0 Å². The summed E-state index contributed by atoms with van der Waals surface area (Å²) in [5.41, 5.74) is -0.0328. The second kappa shape index (κ2) is 7.75. The number of nitrogens with one attached hydrogen (secondary N) is 1. The Bertz CT molecular complexity index is 927. The fraction of sp³-hybridized carbons (Fsp3) is 0.300. The molecule has 2 aromatic rings. The van der Waals surface area contributed by atoms with Crippen LogP contribution in [0.4, 0.5) is 8.78 Å². The number of amides is 1. The largest absolute Gasteiger partial charge is 0.493 e. The summed E-state index contributed by atoms with van der Waals surface area (Å²) in [6, 6.07) is 8.47. The first-order chi connectivity index (χ1) is 13.2. The maximum atomic E-state index is 14.0. The highest BCUT2D eigenvalue weighted by Gasteiger charge is 2.35. The molecule has 0 radical (unpaired) electrons. The number of fused-ring (bicyclic) bond motifs is 1. The Morgan fingerprint density at radius 1 is 1.25 bits per heavy atom. The van der Waals surface area contributed by atoms with Gasteiger partial charge in [0.05, 0.1) is 35.9 Å². The second-order valence-corrected chi connectivity index (χ2v) is 6.87. The molecule has 0 fully saturated rings. The molecule has 1 aliphatic rings. The highest BCUT2D eigenvalue weighted by Crippen LogP contribution is 2.40. The summed E-state index contributed by atoms with van der Waals surface area (Å²) in [4.78, 5) is 24.7. The third-order valence-electron chi connectivity index (χ3n) is 4.49. The van der Waals surface area contributed by atoms with Gasteiger partial charge in [-0.3, -0.25) is 4.79 Å². The van der Waals surface area contributed by atoms with E-state index in [2.05, 4.69) is 10.1 Å². The van der Waals surface area contributed by atoms with Crippen LogP contribution in [0.1, 0.15) is 51.2 Å². The summed E-state index contributed by atoms with van der Waals surface area (Å²) in [7, 11) is 1.12. The molecule has 5 nitrogen and oxygen atoms in total. The molecule has 0 saturated carbocycles. The van der Waals surface area contributed by atoms with Crippen molar-refractivity contribution in [2.75, 3.05) is 13.7 Å². The molecule has 28 heavy (non-hydrogen) atoms. The predicted molar refractivity (Wildman–Crippen MR) is 99.1 cm³/mol. The van der Waals surface area contributed by atoms with Gasteiger partial charge in [-0.15, -0.1) is 0 Å². The average molecular weight is 410 g/mol. The minimum absolute atomic E-state index is 0.194. The quantitative estimate of drug-likeness (QED) is 0.755. The zero-order valence-electron chi connectivity index (χ0n) is 15.2. The van der Waals surface area contributed by atoms with E-state index >= 15 is 0 Å². The number of carbonyl (C=O) groups excluding carboxylic acids is 2. The molecular formula is C20H18ClF2NO4. The smallest absolute Gasteiger partial charge is 0.338 e. The summed E-state index contributed by atoms with van der Waals surface area (Å²) >= 11 is 6.06. The second-order valence-electron chi connectivity index (χ2n) is 6.46. The highest BCUT2D eigenvalue weighted by molar-refractivity contribution is 6.33. The maximum Gasteiger partial charge on any atom is 0.338 e. The lowest BCUT2D eigenvalue weighted by molar-refractivity contribution is 0.0144. The molecule has 0 bridgehead atoms. The van der Waals surface area contributed by atoms with Gasteiger partial charge in [-0.05, 0) is 24.3 Å². The van der Waals surface area contributed by atoms with Crippen LogP contribution in [-0.4, -0.2) is 25.6 Å².